The molecule has 0 heterocycles. The fourth-order valence-electron chi connectivity index (χ4n) is 2.59. The standard InChI is InChI=1S/C19H30O2/c1-2-3-4-5-6-7-10-17-13-15-18(16-14-17)11-8-9-12-19(20)21/h13-16H,2-12H2,1H3,(H,20,21). The summed E-state index contributed by atoms with van der Waals surface area (Å²) in [6.07, 6.45) is 12.3. The molecule has 0 radical (unpaired) electrons. The van der Waals surface area contributed by atoms with E-state index in [0.29, 0.717) is 0 Å². The molecular formula is C19H30O2. The third-order valence-corrected chi connectivity index (χ3v) is 3.95. The van der Waals surface area contributed by atoms with Crippen LogP contribution in [0.1, 0.15) is 75.8 Å². The first-order chi connectivity index (χ1) is 10.2. The highest BCUT2D eigenvalue weighted by atomic mass is 16.4. The maximum atomic E-state index is 10.4. The van der Waals surface area contributed by atoms with Crippen LogP contribution in [0.4, 0.5) is 0 Å². The summed E-state index contributed by atoms with van der Waals surface area (Å²) in [7, 11) is 0. The van der Waals surface area contributed by atoms with Gasteiger partial charge in [0.1, 0.15) is 0 Å². The van der Waals surface area contributed by atoms with Crippen LogP contribution >= 0.6 is 0 Å². The van der Waals surface area contributed by atoms with Gasteiger partial charge in [-0.05, 0) is 43.2 Å². The van der Waals surface area contributed by atoms with E-state index in [2.05, 4.69) is 31.2 Å². The van der Waals surface area contributed by atoms with E-state index >= 15 is 0 Å². The summed E-state index contributed by atoms with van der Waals surface area (Å²) in [5, 5.41) is 8.60. The second kappa shape index (κ2) is 11.4. The summed E-state index contributed by atoms with van der Waals surface area (Å²) in [6.45, 7) is 2.25. The van der Waals surface area contributed by atoms with E-state index in [0.717, 1.165) is 19.3 Å². The SMILES string of the molecule is CCCCCCCCc1ccc(CCCCC(=O)O)cc1. The summed E-state index contributed by atoms with van der Waals surface area (Å²) in [5.74, 6) is -0.690. The van der Waals surface area contributed by atoms with Gasteiger partial charge in [-0.3, -0.25) is 4.79 Å². The number of unbranched alkanes of at least 4 members (excludes halogenated alkanes) is 6. The van der Waals surface area contributed by atoms with Crippen molar-refractivity contribution < 1.29 is 9.90 Å². The van der Waals surface area contributed by atoms with Gasteiger partial charge in [-0.15, -0.1) is 0 Å². The number of carboxylic acids is 1. The van der Waals surface area contributed by atoms with Gasteiger partial charge in [-0.25, -0.2) is 0 Å². The van der Waals surface area contributed by atoms with Crippen molar-refractivity contribution in [3.05, 3.63) is 35.4 Å². The van der Waals surface area contributed by atoms with Crippen LogP contribution in [0.2, 0.25) is 0 Å². The Bertz CT molecular complexity index is 381. The summed E-state index contributed by atoms with van der Waals surface area (Å²) in [6, 6.07) is 8.87. The lowest BCUT2D eigenvalue weighted by Crippen LogP contribution is -1.95. The van der Waals surface area contributed by atoms with Gasteiger partial charge in [0.05, 0.1) is 0 Å². The second-order valence-corrected chi connectivity index (χ2v) is 5.94. The zero-order valence-corrected chi connectivity index (χ0v) is 13.4. The van der Waals surface area contributed by atoms with E-state index in [-0.39, 0.29) is 6.42 Å². The van der Waals surface area contributed by atoms with Crippen LogP contribution in [-0.2, 0) is 17.6 Å². The van der Waals surface area contributed by atoms with Crippen LogP contribution in [0.5, 0.6) is 0 Å². The van der Waals surface area contributed by atoms with Crippen molar-refractivity contribution >= 4 is 5.97 Å². The lowest BCUT2D eigenvalue weighted by Gasteiger charge is -2.05. The molecule has 0 saturated carbocycles. The predicted molar refractivity (Wildman–Crippen MR) is 88.7 cm³/mol. The molecule has 0 spiro atoms. The maximum Gasteiger partial charge on any atom is 0.303 e. The van der Waals surface area contributed by atoms with Crippen molar-refractivity contribution in [3.63, 3.8) is 0 Å². The van der Waals surface area contributed by atoms with Crippen LogP contribution in [0.3, 0.4) is 0 Å². The number of aliphatic carboxylic acids is 1. The molecule has 1 N–H and O–H groups in total. The summed E-state index contributed by atoms with van der Waals surface area (Å²) >= 11 is 0. The van der Waals surface area contributed by atoms with E-state index < -0.39 is 5.97 Å². The molecule has 1 rings (SSSR count). The van der Waals surface area contributed by atoms with Gasteiger partial charge in [-0.1, -0.05) is 63.3 Å². The molecule has 0 bridgehead atoms. The molecular weight excluding hydrogens is 260 g/mol. The van der Waals surface area contributed by atoms with E-state index in [1.807, 2.05) is 0 Å². The molecule has 0 aromatic heterocycles. The number of carboxylic acid groups (broad SMARTS) is 1. The molecule has 0 atom stereocenters. The smallest absolute Gasteiger partial charge is 0.303 e. The zero-order valence-electron chi connectivity index (χ0n) is 13.4. The van der Waals surface area contributed by atoms with Gasteiger partial charge in [0.15, 0.2) is 0 Å². The van der Waals surface area contributed by atoms with E-state index in [1.54, 1.807) is 0 Å². The van der Waals surface area contributed by atoms with Gasteiger partial charge in [-0.2, -0.15) is 0 Å². The number of rotatable bonds is 12. The molecule has 0 fully saturated rings. The highest BCUT2D eigenvalue weighted by Crippen LogP contribution is 2.12. The van der Waals surface area contributed by atoms with E-state index in [1.165, 1.54) is 56.1 Å². The van der Waals surface area contributed by atoms with Gasteiger partial charge in [0.2, 0.25) is 0 Å². The van der Waals surface area contributed by atoms with Crippen molar-refractivity contribution in [2.45, 2.75) is 77.6 Å². The molecule has 0 aliphatic heterocycles. The molecule has 2 heteroatoms. The maximum absolute atomic E-state index is 10.4. The first-order valence-electron chi connectivity index (χ1n) is 8.52. The highest BCUT2D eigenvalue weighted by molar-refractivity contribution is 5.66. The van der Waals surface area contributed by atoms with Crippen molar-refractivity contribution in [2.75, 3.05) is 0 Å². The Kier molecular flexibility index (Phi) is 9.60. The zero-order chi connectivity index (χ0) is 15.3. The lowest BCUT2D eigenvalue weighted by molar-refractivity contribution is -0.137. The van der Waals surface area contributed by atoms with Gasteiger partial charge in [0.25, 0.3) is 0 Å². The monoisotopic (exact) mass is 290 g/mol. The molecule has 2 nitrogen and oxygen atoms in total. The molecule has 21 heavy (non-hydrogen) atoms. The molecule has 0 unspecified atom stereocenters. The average Bonchev–Trinajstić information content (AvgIpc) is 2.48. The Morgan fingerprint density at radius 2 is 1.29 bits per heavy atom. The van der Waals surface area contributed by atoms with Crippen molar-refractivity contribution in [1.82, 2.24) is 0 Å². The first kappa shape index (κ1) is 17.7. The minimum atomic E-state index is -0.690. The fraction of sp³-hybridized carbons (Fsp3) is 0.632. The second-order valence-electron chi connectivity index (χ2n) is 5.94. The summed E-state index contributed by atoms with van der Waals surface area (Å²) < 4.78 is 0. The minimum Gasteiger partial charge on any atom is -0.481 e. The molecule has 0 amide bonds. The van der Waals surface area contributed by atoms with Crippen molar-refractivity contribution in [1.29, 1.82) is 0 Å². The minimum absolute atomic E-state index is 0.288. The molecule has 118 valence electrons. The number of carbonyl (C=O) groups is 1. The fourth-order valence-corrected chi connectivity index (χ4v) is 2.59. The quantitative estimate of drug-likeness (QED) is 0.524. The van der Waals surface area contributed by atoms with E-state index in [9.17, 15) is 4.79 Å². The molecule has 1 aromatic carbocycles. The molecule has 0 aliphatic rings. The number of hydrogen-bond acceptors (Lipinski definition) is 1. The number of aryl methyl sites for hydroxylation is 2. The Morgan fingerprint density at radius 3 is 1.81 bits per heavy atom. The Labute approximate surface area is 129 Å². The molecule has 0 aliphatic carbocycles. The number of hydrogen-bond donors (Lipinski definition) is 1. The normalized spacial score (nSPS) is 10.7. The number of benzene rings is 1. The van der Waals surface area contributed by atoms with E-state index in [4.69, 9.17) is 5.11 Å². The molecule has 1 aromatic rings. The topological polar surface area (TPSA) is 37.3 Å². The van der Waals surface area contributed by atoms with Crippen molar-refractivity contribution in [3.8, 4) is 0 Å². The summed E-state index contributed by atoms with van der Waals surface area (Å²) in [5.41, 5.74) is 2.76. The average molecular weight is 290 g/mol. The largest absolute Gasteiger partial charge is 0.481 e. The third-order valence-electron chi connectivity index (χ3n) is 3.95. The van der Waals surface area contributed by atoms with Crippen LogP contribution in [0.25, 0.3) is 0 Å². The lowest BCUT2D eigenvalue weighted by atomic mass is 10.0. The third kappa shape index (κ3) is 9.28. The first-order valence-corrected chi connectivity index (χ1v) is 8.52. The van der Waals surface area contributed by atoms with Gasteiger partial charge < -0.3 is 5.11 Å². The van der Waals surface area contributed by atoms with Crippen LogP contribution in [0.15, 0.2) is 24.3 Å². The Morgan fingerprint density at radius 1 is 0.810 bits per heavy atom. The highest BCUT2D eigenvalue weighted by Gasteiger charge is 1.99. The molecule has 0 saturated heterocycles. The van der Waals surface area contributed by atoms with Crippen LogP contribution in [-0.4, -0.2) is 11.1 Å². The Hall–Kier alpha value is -1.31. The van der Waals surface area contributed by atoms with Gasteiger partial charge >= 0.3 is 5.97 Å². The predicted octanol–water partition coefficient (Wildman–Crippen LogP) is 5.39. The van der Waals surface area contributed by atoms with Crippen LogP contribution in [0, 0.1) is 0 Å². The van der Waals surface area contributed by atoms with Crippen LogP contribution < -0.4 is 0 Å². The summed E-state index contributed by atoms with van der Waals surface area (Å²) in [4.78, 5) is 10.4. The van der Waals surface area contributed by atoms with Gasteiger partial charge in [0, 0.05) is 6.42 Å². The van der Waals surface area contributed by atoms with Crippen molar-refractivity contribution in [2.24, 2.45) is 0 Å². The Balaban J connectivity index is 2.13.